The highest BCUT2D eigenvalue weighted by Gasteiger charge is 2.24. The Morgan fingerprint density at radius 3 is 2.65 bits per heavy atom. The van der Waals surface area contributed by atoms with Crippen molar-refractivity contribution in [1.29, 1.82) is 0 Å². The van der Waals surface area contributed by atoms with E-state index in [2.05, 4.69) is 30.7 Å². The van der Waals surface area contributed by atoms with Crippen LogP contribution in [0.2, 0.25) is 0 Å². The summed E-state index contributed by atoms with van der Waals surface area (Å²) >= 11 is 1.95. The van der Waals surface area contributed by atoms with E-state index in [0.717, 1.165) is 32.7 Å². The molecule has 0 aromatic heterocycles. The minimum atomic E-state index is 0.0777. The van der Waals surface area contributed by atoms with Crippen molar-refractivity contribution in [1.82, 2.24) is 15.5 Å². The first-order valence-electron chi connectivity index (χ1n) is 6.46. The van der Waals surface area contributed by atoms with Gasteiger partial charge in [0.2, 0.25) is 0 Å². The molecule has 0 bridgehead atoms. The Balaban J connectivity index is 2.20. The third kappa shape index (κ3) is 4.07. The summed E-state index contributed by atoms with van der Waals surface area (Å²) in [5.74, 6) is 0. The molecule has 1 fully saturated rings. The number of thioether (sulfide) groups is 1. The fourth-order valence-corrected chi connectivity index (χ4v) is 2.94. The van der Waals surface area contributed by atoms with Crippen LogP contribution in [0.4, 0.5) is 4.79 Å². The zero-order valence-electron chi connectivity index (χ0n) is 11.2. The molecule has 1 saturated heterocycles. The van der Waals surface area contributed by atoms with Crippen LogP contribution in [0, 0.1) is 0 Å². The molecule has 2 N–H and O–H groups in total. The van der Waals surface area contributed by atoms with Crippen LogP contribution in [0.3, 0.4) is 0 Å². The molecule has 0 aromatic carbocycles. The fraction of sp³-hybridized carbons (Fsp3) is 0.917. The topological polar surface area (TPSA) is 44.4 Å². The maximum absolute atomic E-state index is 11.3. The first-order chi connectivity index (χ1) is 8.17. The summed E-state index contributed by atoms with van der Waals surface area (Å²) in [6.07, 6.45) is 4.55. The van der Waals surface area contributed by atoms with Gasteiger partial charge in [-0.25, -0.2) is 4.79 Å². The van der Waals surface area contributed by atoms with E-state index in [0.29, 0.717) is 4.75 Å². The number of carbonyl (C=O) groups excluding carboxylic acids is 1. The average molecular weight is 259 g/mol. The predicted octanol–water partition coefficient (Wildman–Crippen LogP) is 1.52. The highest BCUT2D eigenvalue weighted by atomic mass is 32.2. The van der Waals surface area contributed by atoms with Crippen LogP contribution in [0.1, 0.15) is 26.7 Å². The maximum Gasteiger partial charge on any atom is 0.317 e. The van der Waals surface area contributed by atoms with Crippen LogP contribution < -0.4 is 10.6 Å². The van der Waals surface area contributed by atoms with Gasteiger partial charge in [-0.3, -0.25) is 0 Å². The van der Waals surface area contributed by atoms with Gasteiger partial charge in [-0.15, -0.1) is 0 Å². The molecule has 1 heterocycles. The van der Waals surface area contributed by atoms with Crippen molar-refractivity contribution in [3.8, 4) is 0 Å². The van der Waals surface area contributed by atoms with Gasteiger partial charge in [0.05, 0.1) is 0 Å². The lowest BCUT2D eigenvalue weighted by atomic mass is 10.0. The number of amides is 2. The molecule has 0 radical (unpaired) electrons. The molecule has 17 heavy (non-hydrogen) atoms. The highest BCUT2D eigenvalue weighted by Crippen LogP contribution is 2.29. The molecule has 0 aliphatic carbocycles. The molecule has 0 unspecified atom stereocenters. The molecule has 0 spiro atoms. The summed E-state index contributed by atoms with van der Waals surface area (Å²) in [5, 5.41) is 6.30. The number of carbonyl (C=O) groups is 1. The predicted molar refractivity (Wildman–Crippen MR) is 74.7 cm³/mol. The second kappa shape index (κ2) is 7.11. The van der Waals surface area contributed by atoms with E-state index in [-0.39, 0.29) is 6.03 Å². The van der Waals surface area contributed by atoms with Crippen LogP contribution in [-0.2, 0) is 0 Å². The Morgan fingerprint density at radius 2 is 2.18 bits per heavy atom. The van der Waals surface area contributed by atoms with E-state index >= 15 is 0 Å². The van der Waals surface area contributed by atoms with Crippen LogP contribution in [0.5, 0.6) is 0 Å². The molecule has 1 aliphatic heterocycles. The number of hydrogen-bond donors (Lipinski definition) is 2. The maximum atomic E-state index is 11.3. The summed E-state index contributed by atoms with van der Waals surface area (Å²) < 4.78 is 0.354. The molecular formula is C12H25N3OS. The number of urea groups is 1. The molecule has 5 heteroatoms. The minimum absolute atomic E-state index is 0.0777. The van der Waals surface area contributed by atoms with Gasteiger partial charge in [0, 0.05) is 37.5 Å². The molecule has 2 amide bonds. The Hall–Kier alpha value is -0.420. The van der Waals surface area contributed by atoms with E-state index in [9.17, 15) is 4.79 Å². The number of nitrogens with one attached hydrogen (secondary N) is 2. The van der Waals surface area contributed by atoms with Gasteiger partial charge in [-0.2, -0.15) is 11.8 Å². The molecule has 100 valence electrons. The van der Waals surface area contributed by atoms with Crippen LogP contribution >= 0.6 is 11.8 Å². The van der Waals surface area contributed by atoms with Crippen molar-refractivity contribution in [3.05, 3.63) is 0 Å². The normalized spacial score (nSPS) is 16.4. The minimum Gasteiger partial charge on any atom is -0.336 e. The standard InChI is InChI=1S/C12H25N3OS/c1-4-12(5-2,17-3)10-13-6-8-15-9-7-14-11(15)16/h13H,4-10H2,1-3H3,(H,14,16). The number of hydrogen-bond acceptors (Lipinski definition) is 3. The quantitative estimate of drug-likeness (QED) is 0.650. The molecule has 0 atom stereocenters. The van der Waals surface area contributed by atoms with Gasteiger partial charge < -0.3 is 15.5 Å². The largest absolute Gasteiger partial charge is 0.336 e. The Bertz CT molecular complexity index is 236. The Morgan fingerprint density at radius 1 is 1.47 bits per heavy atom. The van der Waals surface area contributed by atoms with Crippen molar-refractivity contribution >= 4 is 17.8 Å². The average Bonchev–Trinajstić information content (AvgIpc) is 2.76. The zero-order chi connectivity index (χ0) is 12.7. The first-order valence-corrected chi connectivity index (χ1v) is 7.68. The van der Waals surface area contributed by atoms with Crippen LogP contribution in [-0.4, -0.2) is 54.7 Å². The van der Waals surface area contributed by atoms with E-state index in [1.165, 1.54) is 12.8 Å². The Kier molecular flexibility index (Phi) is 6.12. The fourth-order valence-electron chi connectivity index (χ4n) is 2.12. The van der Waals surface area contributed by atoms with E-state index in [1.807, 2.05) is 16.7 Å². The summed E-state index contributed by atoms with van der Waals surface area (Å²) in [6, 6.07) is 0.0777. The van der Waals surface area contributed by atoms with Crippen LogP contribution in [0.15, 0.2) is 0 Å². The third-order valence-corrected chi connectivity index (χ3v) is 5.26. The lowest BCUT2D eigenvalue weighted by Crippen LogP contribution is -2.41. The zero-order valence-corrected chi connectivity index (χ0v) is 12.0. The van der Waals surface area contributed by atoms with Gasteiger partial charge in [0.15, 0.2) is 0 Å². The SMILES string of the molecule is CCC(CC)(CNCCN1CCNC1=O)SC. The van der Waals surface area contributed by atoms with E-state index < -0.39 is 0 Å². The first kappa shape index (κ1) is 14.6. The van der Waals surface area contributed by atoms with Crippen molar-refractivity contribution in [2.75, 3.05) is 39.0 Å². The Labute approximate surface area is 109 Å². The number of rotatable bonds is 8. The second-order valence-corrected chi connectivity index (χ2v) is 5.76. The van der Waals surface area contributed by atoms with E-state index in [4.69, 9.17) is 0 Å². The third-order valence-electron chi connectivity index (χ3n) is 3.67. The van der Waals surface area contributed by atoms with Gasteiger partial charge >= 0.3 is 6.03 Å². The van der Waals surface area contributed by atoms with Gasteiger partial charge in [-0.1, -0.05) is 13.8 Å². The molecule has 4 nitrogen and oxygen atoms in total. The molecule has 0 aromatic rings. The highest BCUT2D eigenvalue weighted by molar-refractivity contribution is 8.00. The summed E-state index contributed by atoms with van der Waals surface area (Å²) in [6.45, 7) is 8.84. The monoisotopic (exact) mass is 259 g/mol. The van der Waals surface area contributed by atoms with Gasteiger partial charge in [0.25, 0.3) is 0 Å². The second-order valence-electron chi connectivity index (χ2n) is 4.49. The van der Waals surface area contributed by atoms with Crippen molar-refractivity contribution < 1.29 is 4.79 Å². The summed E-state index contributed by atoms with van der Waals surface area (Å²) in [7, 11) is 0. The molecule has 1 rings (SSSR count). The molecule has 0 saturated carbocycles. The smallest absolute Gasteiger partial charge is 0.317 e. The van der Waals surface area contributed by atoms with Crippen molar-refractivity contribution in [3.63, 3.8) is 0 Å². The van der Waals surface area contributed by atoms with Crippen LogP contribution in [0.25, 0.3) is 0 Å². The van der Waals surface area contributed by atoms with Gasteiger partial charge in [-0.05, 0) is 19.1 Å². The van der Waals surface area contributed by atoms with E-state index in [1.54, 1.807) is 0 Å². The molecule has 1 aliphatic rings. The summed E-state index contributed by atoms with van der Waals surface area (Å²) in [5.41, 5.74) is 0. The molecular weight excluding hydrogens is 234 g/mol. The van der Waals surface area contributed by atoms with Crippen molar-refractivity contribution in [2.24, 2.45) is 0 Å². The lowest BCUT2D eigenvalue weighted by Gasteiger charge is -2.30. The summed E-state index contributed by atoms with van der Waals surface area (Å²) in [4.78, 5) is 13.2. The number of nitrogens with zero attached hydrogens (tertiary/aromatic N) is 1. The van der Waals surface area contributed by atoms with Gasteiger partial charge in [0.1, 0.15) is 0 Å². The van der Waals surface area contributed by atoms with Crippen molar-refractivity contribution in [2.45, 2.75) is 31.4 Å². The lowest BCUT2D eigenvalue weighted by molar-refractivity contribution is 0.217.